The second-order valence-corrected chi connectivity index (χ2v) is 4.18. The van der Waals surface area contributed by atoms with Crippen molar-refractivity contribution in [2.75, 3.05) is 0 Å². The summed E-state index contributed by atoms with van der Waals surface area (Å²) < 4.78 is 0.717. The molecule has 1 aromatic carbocycles. The molecule has 1 heterocycles. The van der Waals surface area contributed by atoms with Gasteiger partial charge in [0.25, 0.3) is 0 Å². The van der Waals surface area contributed by atoms with Gasteiger partial charge in [-0.2, -0.15) is 0 Å². The Labute approximate surface area is 84.2 Å². The van der Waals surface area contributed by atoms with E-state index in [-0.39, 0.29) is 5.75 Å². The third-order valence-electron chi connectivity index (χ3n) is 1.77. The van der Waals surface area contributed by atoms with E-state index in [1.54, 1.807) is 18.2 Å². The summed E-state index contributed by atoms with van der Waals surface area (Å²) in [6.07, 6.45) is 0.775. The van der Waals surface area contributed by atoms with Crippen LogP contribution in [0.4, 0.5) is 0 Å². The number of thiophene rings is 1. The van der Waals surface area contributed by atoms with Gasteiger partial charge in [-0.1, -0.05) is 0 Å². The van der Waals surface area contributed by atoms with Crippen LogP contribution in [0.3, 0.4) is 0 Å². The van der Waals surface area contributed by atoms with Crippen LogP contribution in [0.25, 0.3) is 10.1 Å². The Morgan fingerprint density at radius 2 is 2.23 bits per heavy atom. The third-order valence-corrected chi connectivity index (χ3v) is 3.25. The fourth-order valence-electron chi connectivity index (χ4n) is 1.17. The Hall–Kier alpha value is -1.00. The highest BCUT2D eigenvalue weighted by Crippen LogP contribution is 2.35. The monoisotopic (exact) mass is 210 g/mol. The van der Waals surface area contributed by atoms with Crippen LogP contribution in [0.15, 0.2) is 23.1 Å². The van der Waals surface area contributed by atoms with Crippen LogP contribution in [0.2, 0.25) is 0 Å². The fourth-order valence-corrected chi connectivity index (χ4v) is 2.41. The standard InChI is InChI=1S/C9H6O2S2/c10-4-5-3-6-8(12)2-1-7(11)9(6)13-5/h1-4,11-12H. The van der Waals surface area contributed by atoms with Gasteiger partial charge in [0.05, 0.1) is 9.58 Å². The minimum Gasteiger partial charge on any atom is -0.506 e. The lowest BCUT2D eigenvalue weighted by molar-refractivity contribution is 0.112. The van der Waals surface area contributed by atoms with Gasteiger partial charge in [-0.25, -0.2) is 0 Å². The maximum absolute atomic E-state index is 10.5. The molecule has 0 atom stereocenters. The summed E-state index contributed by atoms with van der Waals surface area (Å²) >= 11 is 5.50. The molecule has 1 N–H and O–H groups in total. The third kappa shape index (κ3) is 1.32. The number of hydrogen-bond donors (Lipinski definition) is 2. The quantitative estimate of drug-likeness (QED) is 0.561. The summed E-state index contributed by atoms with van der Waals surface area (Å²) in [6.45, 7) is 0. The average Bonchev–Trinajstić information content (AvgIpc) is 2.56. The number of aromatic hydroxyl groups is 1. The summed E-state index contributed by atoms with van der Waals surface area (Å²) in [7, 11) is 0. The largest absolute Gasteiger partial charge is 0.506 e. The molecule has 2 nitrogen and oxygen atoms in total. The van der Waals surface area contributed by atoms with Gasteiger partial charge in [0.1, 0.15) is 5.75 Å². The first-order chi connectivity index (χ1) is 6.22. The second-order valence-electron chi connectivity index (χ2n) is 2.61. The minimum absolute atomic E-state index is 0.200. The first kappa shape index (κ1) is 8.59. The van der Waals surface area contributed by atoms with Crippen molar-refractivity contribution in [3.05, 3.63) is 23.1 Å². The molecule has 0 saturated carbocycles. The van der Waals surface area contributed by atoms with Crippen molar-refractivity contribution in [3.8, 4) is 5.75 Å². The molecule has 0 saturated heterocycles. The Balaban J connectivity index is 2.87. The number of carbonyl (C=O) groups is 1. The summed E-state index contributed by atoms with van der Waals surface area (Å²) in [4.78, 5) is 11.9. The zero-order valence-corrected chi connectivity index (χ0v) is 8.23. The van der Waals surface area contributed by atoms with E-state index in [9.17, 15) is 9.90 Å². The van der Waals surface area contributed by atoms with Crippen LogP contribution in [0, 0.1) is 0 Å². The molecule has 1 aromatic heterocycles. The van der Waals surface area contributed by atoms with E-state index in [0.29, 0.717) is 4.88 Å². The van der Waals surface area contributed by atoms with Crippen LogP contribution in [0.5, 0.6) is 5.75 Å². The molecular weight excluding hydrogens is 204 g/mol. The first-order valence-electron chi connectivity index (χ1n) is 3.62. The van der Waals surface area contributed by atoms with Crippen LogP contribution in [-0.4, -0.2) is 11.4 Å². The molecule has 0 aliphatic carbocycles. The number of rotatable bonds is 1. The molecular formula is C9H6O2S2. The van der Waals surface area contributed by atoms with E-state index >= 15 is 0 Å². The Kier molecular flexibility index (Phi) is 2.01. The zero-order chi connectivity index (χ0) is 9.42. The molecule has 0 aliphatic rings. The SMILES string of the molecule is O=Cc1cc2c(S)ccc(O)c2s1. The zero-order valence-electron chi connectivity index (χ0n) is 6.52. The van der Waals surface area contributed by atoms with Crippen LogP contribution < -0.4 is 0 Å². The van der Waals surface area contributed by atoms with Crippen molar-refractivity contribution in [3.63, 3.8) is 0 Å². The molecule has 4 heteroatoms. The van der Waals surface area contributed by atoms with Crippen molar-refractivity contribution in [2.45, 2.75) is 4.90 Å². The van der Waals surface area contributed by atoms with Crippen LogP contribution >= 0.6 is 24.0 Å². The van der Waals surface area contributed by atoms with Crippen molar-refractivity contribution in [1.29, 1.82) is 0 Å². The lowest BCUT2D eigenvalue weighted by Crippen LogP contribution is -1.68. The number of fused-ring (bicyclic) bond motifs is 1. The molecule has 2 aromatic rings. The number of aldehydes is 1. The lowest BCUT2D eigenvalue weighted by Gasteiger charge is -1.95. The van der Waals surface area contributed by atoms with Gasteiger partial charge in [-0.3, -0.25) is 4.79 Å². The van der Waals surface area contributed by atoms with Crippen LogP contribution in [-0.2, 0) is 0 Å². The fraction of sp³-hybridized carbons (Fsp3) is 0. The van der Waals surface area contributed by atoms with E-state index in [1.165, 1.54) is 11.3 Å². The highest BCUT2D eigenvalue weighted by molar-refractivity contribution is 7.80. The normalized spacial score (nSPS) is 10.5. The highest BCUT2D eigenvalue weighted by atomic mass is 32.1. The van der Waals surface area contributed by atoms with Crippen molar-refractivity contribution in [2.24, 2.45) is 0 Å². The van der Waals surface area contributed by atoms with E-state index < -0.39 is 0 Å². The minimum atomic E-state index is 0.200. The molecule has 0 unspecified atom stereocenters. The van der Waals surface area contributed by atoms with Gasteiger partial charge in [-0.15, -0.1) is 24.0 Å². The van der Waals surface area contributed by atoms with E-state index in [0.717, 1.165) is 21.3 Å². The molecule has 13 heavy (non-hydrogen) atoms. The number of hydrogen-bond acceptors (Lipinski definition) is 4. The smallest absolute Gasteiger partial charge is 0.160 e. The molecule has 0 aliphatic heterocycles. The molecule has 0 radical (unpaired) electrons. The number of carbonyl (C=O) groups excluding carboxylic acids is 1. The van der Waals surface area contributed by atoms with Gasteiger partial charge in [0.15, 0.2) is 6.29 Å². The molecule has 66 valence electrons. The van der Waals surface area contributed by atoms with Gasteiger partial charge in [-0.05, 0) is 18.2 Å². The Morgan fingerprint density at radius 1 is 1.46 bits per heavy atom. The molecule has 0 bridgehead atoms. The second kappa shape index (κ2) is 3.05. The van der Waals surface area contributed by atoms with Crippen molar-refractivity contribution < 1.29 is 9.90 Å². The molecule has 0 spiro atoms. The summed E-state index contributed by atoms with van der Waals surface area (Å²) in [5.41, 5.74) is 0. The predicted molar refractivity (Wildman–Crippen MR) is 56.1 cm³/mol. The van der Waals surface area contributed by atoms with E-state index in [4.69, 9.17) is 0 Å². The topological polar surface area (TPSA) is 37.3 Å². The first-order valence-corrected chi connectivity index (χ1v) is 4.88. The lowest BCUT2D eigenvalue weighted by atomic mass is 10.2. The number of benzene rings is 1. The van der Waals surface area contributed by atoms with Gasteiger partial charge in [0.2, 0.25) is 0 Å². The maximum atomic E-state index is 10.5. The number of thiol groups is 1. The van der Waals surface area contributed by atoms with Crippen molar-refractivity contribution in [1.82, 2.24) is 0 Å². The Bertz CT molecular complexity index is 435. The molecule has 0 amide bonds. The van der Waals surface area contributed by atoms with Gasteiger partial charge >= 0.3 is 0 Å². The van der Waals surface area contributed by atoms with Crippen molar-refractivity contribution >= 4 is 40.3 Å². The number of phenols is 1. The summed E-state index contributed by atoms with van der Waals surface area (Å²) in [6, 6.07) is 5.02. The van der Waals surface area contributed by atoms with E-state index in [1.807, 2.05) is 0 Å². The predicted octanol–water partition coefficient (Wildman–Crippen LogP) is 2.71. The Morgan fingerprint density at radius 3 is 2.85 bits per heavy atom. The molecule has 2 rings (SSSR count). The molecule has 0 fully saturated rings. The summed E-state index contributed by atoms with van der Waals surface area (Å²) in [5.74, 6) is 0.200. The van der Waals surface area contributed by atoms with Gasteiger partial charge in [0, 0.05) is 10.3 Å². The highest BCUT2D eigenvalue weighted by Gasteiger charge is 2.07. The van der Waals surface area contributed by atoms with E-state index in [2.05, 4.69) is 12.6 Å². The maximum Gasteiger partial charge on any atom is 0.160 e. The summed E-state index contributed by atoms with van der Waals surface area (Å²) in [5, 5.41) is 10.3. The van der Waals surface area contributed by atoms with Gasteiger partial charge < -0.3 is 5.11 Å². The average molecular weight is 210 g/mol. The van der Waals surface area contributed by atoms with Crippen LogP contribution in [0.1, 0.15) is 9.67 Å². The number of phenolic OH excluding ortho intramolecular Hbond substituents is 1.